The number of rotatable bonds is 3. The maximum absolute atomic E-state index is 6.27. The second-order valence-corrected chi connectivity index (χ2v) is 6.15. The monoisotopic (exact) mass is 381 g/mol. The topological polar surface area (TPSA) is 44.5 Å². The molecule has 0 saturated carbocycles. The molecule has 2 aromatic carbocycles. The van der Waals surface area contributed by atoms with Gasteiger partial charge < -0.3 is 15.2 Å². The van der Waals surface area contributed by atoms with Crippen molar-refractivity contribution in [1.29, 1.82) is 0 Å². The smallest absolute Gasteiger partial charge is 0.161 e. The molecule has 0 aromatic heterocycles. The van der Waals surface area contributed by atoms with Gasteiger partial charge in [-0.1, -0.05) is 24.3 Å². The van der Waals surface area contributed by atoms with E-state index in [-0.39, 0.29) is 12.1 Å². The summed E-state index contributed by atoms with van der Waals surface area (Å²) in [6.07, 6.45) is 0.678. The lowest BCUT2D eigenvalue weighted by atomic mass is 10.0. The van der Waals surface area contributed by atoms with E-state index in [4.69, 9.17) is 15.2 Å². The van der Waals surface area contributed by atoms with Crippen LogP contribution in [-0.2, 0) is 6.42 Å². The zero-order valence-corrected chi connectivity index (χ0v) is 13.1. The number of ether oxygens (including phenoxy) is 2. The number of halogens is 1. The Morgan fingerprint density at radius 3 is 2.55 bits per heavy atom. The van der Waals surface area contributed by atoms with Crippen molar-refractivity contribution in [1.82, 2.24) is 0 Å². The van der Waals surface area contributed by atoms with Gasteiger partial charge in [0.15, 0.2) is 11.5 Å². The molecule has 0 bridgehead atoms. The van der Waals surface area contributed by atoms with Gasteiger partial charge in [-0.25, -0.2) is 0 Å². The number of para-hydroxylation sites is 2. The fraction of sp³-hybridized carbons (Fsp3) is 0.250. The van der Waals surface area contributed by atoms with E-state index in [9.17, 15) is 0 Å². The van der Waals surface area contributed by atoms with Crippen LogP contribution in [0.5, 0.6) is 11.5 Å². The molecule has 2 N–H and O–H groups in total. The number of nitrogens with two attached hydrogens (primary N) is 1. The van der Waals surface area contributed by atoms with E-state index in [1.54, 1.807) is 0 Å². The predicted octanol–water partition coefficient (Wildman–Crippen LogP) is 3.00. The third kappa shape index (κ3) is 3.07. The molecule has 2 atom stereocenters. The molecule has 3 nitrogen and oxygen atoms in total. The summed E-state index contributed by atoms with van der Waals surface area (Å²) in [6, 6.07) is 16.0. The van der Waals surface area contributed by atoms with Crippen LogP contribution in [0.3, 0.4) is 0 Å². The van der Waals surface area contributed by atoms with Gasteiger partial charge in [-0.3, -0.25) is 0 Å². The van der Waals surface area contributed by atoms with Gasteiger partial charge in [-0.15, -0.1) is 0 Å². The lowest BCUT2D eigenvalue weighted by Crippen LogP contribution is -2.46. The van der Waals surface area contributed by atoms with E-state index in [2.05, 4.69) is 46.9 Å². The second kappa shape index (κ2) is 6.01. The first-order valence-corrected chi connectivity index (χ1v) is 7.69. The Labute approximate surface area is 132 Å². The summed E-state index contributed by atoms with van der Waals surface area (Å²) in [6.45, 7) is 0.503. The van der Waals surface area contributed by atoms with Crippen molar-refractivity contribution < 1.29 is 9.47 Å². The quantitative estimate of drug-likeness (QED) is 0.832. The second-order valence-electron chi connectivity index (χ2n) is 4.91. The van der Waals surface area contributed by atoms with E-state index >= 15 is 0 Å². The Morgan fingerprint density at radius 1 is 1.10 bits per heavy atom. The van der Waals surface area contributed by atoms with Gasteiger partial charge in [0.25, 0.3) is 0 Å². The Bertz CT molecular complexity index is 585. The Morgan fingerprint density at radius 2 is 1.80 bits per heavy atom. The van der Waals surface area contributed by atoms with Gasteiger partial charge in [0, 0.05) is 9.61 Å². The highest BCUT2D eigenvalue weighted by molar-refractivity contribution is 14.1. The summed E-state index contributed by atoms with van der Waals surface area (Å²) in [5.74, 6) is 1.58. The molecule has 0 saturated heterocycles. The van der Waals surface area contributed by atoms with Gasteiger partial charge in [-0.05, 0) is 58.8 Å². The maximum Gasteiger partial charge on any atom is 0.161 e. The minimum atomic E-state index is -0.107. The fourth-order valence-electron chi connectivity index (χ4n) is 2.27. The maximum atomic E-state index is 6.27. The third-order valence-electron chi connectivity index (χ3n) is 3.39. The van der Waals surface area contributed by atoms with Crippen LogP contribution >= 0.6 is 22.6 Å². The average molecular weight is 381 g/mol. The molecule has 0 spiro atoms. The van der Waals surface area contributed by atoms with Gasteiger partial charge >= 0.3 is 0 Å². The van der Waals surface area contributed by atoms with Crippen LogP contribution in [0.1, 0.15) is 5.56 Å². The number of hydrogen-bond donors (Lipinski definition) is 1. The Hall–Kier alpha value is -1.27. The van der Waals surface area contributed by atoms with Crippen LogP contribution in [0.2, 0.25) is 0 Å². The van der Waals surface area contributed by atoms with Gasteiger partial charge in [0.1, 0.15) is 12.7 Å². The minimum Gasteiger partial charge on any atom is -0.486 e. The van der Waals surface area contributed by atoms with E-state index in [0.29, 0.717) is 6.61 Å². The van der Waals surface area contributed by atoms with Crippen molar-refractivity contribution in [3.05, 3.63) is 57.7 Å². The largest absolute Gasteiger partial charge is 0.486 e. The summed E-state index contributed by atoms with van der Waals surface area (Å²) < 4.78 is 12.9. The van der Waals surface area contributed by atoms with Crippen LogP contribution in [0.15, 0.2) is 48.5 Å². The zero-order valence-electron chi connectivity index (χ0n) is 11.0. The third-order valence-corrected chi connectivity index (χ3v) is 4.11. The number of benzene rings is 2. The molecule has 20 heavy (non-hydrogen) atoms. The van der Waals surface area contributed by atoms with E-state index in [1.165, 1.54) is 9.13 Å². The molecule has 0 amide bonds. The summed E-state index contributed by atoms with van der Waals surface area (Å²) in [4.78, 5) is 0. The average Bonchev–Trinajstić information content (AvgIpc) is 2.49. The normalized spacial score (nSPS) is 18.6. The number of fused-ring (bicyclic) bond motifs is 1. The molecule has 0 fully saturated rings. The van der Waals surface area contributed by atoms with Crippen molar-refractivity contribution >= 4 is 22.6 Å². The van der Waals surface area contributed by atoms with Crippen LogP contribution in [0, 0.1) is 3.57 Å². The molecule has 0 aliphatic carbocycles. The summed E-state index contributed by atoms with van der Waals surface area (Å²) in [5, 5.41) is 0. The number of hydrogen-bond acceptors (Lipinski definition) is 3. The molecular formula is C16H16INO2. The summed E-state index contributed by atoms with van der Waals surface area (Å²) in [7, 11) is 0. The molecule has 4 heteroatoms. The predicted molar refractivity (Wildman–Crippen MR) is 87.2 cm³/mol. The molecular weight excluding hydrogens is 365 g/mol. The van der Waals surface area contributed by atoms with Crippen LogP contribution < -0.4 is 15.2 Å². The summed E-state index contributed by atoms with van der Waals surface area (Å²) in [5.41, 5.74) is 7.49. The lowest BCUT2D eigenvalue weighted by molar-refractivity contribution is 0.0723. The summed E-state index contributed by atoms with van der Waals surface area (Å²) >= 11 is 2.30. The van der Waals surface area contributed by atoms with Crippen molar-refractivity contribution in [2.24, 2.45) is 5.73 Å². The highest BCUT2D eigenvalue weighted by Gasteiger charge is 2.26. The van der Waals surface area contributed by atoms with Crippen LogP contribution in [0.4, 0.5) is 0 Å². The van der Waals surface area contributed by atoms with E-state index in [0.717, 1.165) is 17.9 Å². The standard InChI is InChI=1S/C16H16INO2/c17-12-7-5-11(6-8-12)9-13(18)16-10-19-14-3-1-2-4-15(14)20-16/h1-8,13,16H,9-10,18H2. The van der Waals surface area contributed by atoms with Crippen molar-refractivity contribution in [3.8, 4) is 11.5 Å². The lowest BCUT2D eigenvalue weighted by Gasteiger charge is -2.30. The minimum absolute atomic E-state index is 0.0802. The highest BCUT2D eigenvalue weighted by atomic mass is 127. The van der Waals surface area contributed by atoms with E-state index < -0.39 is 0 Å². The highest BCUT2D eigenvalue weighted by Crippen LogP contribution is 2.31. The van der Waals surface area contributed by atoms with Crippen LogP contribution in [0.25, 0.3) is 0 Å². The first-order valence-electron chi connectivity index (χ1n) is 6.61. The Balaban J connectivity index is 1.67. The molecule has 104 valence electrons. The van der Waals surface area contributed by atoms with Gasteiger partial charge in [0.2, 0.25) is 0 Å². The van der Waals surface area contributed by atoms with Crippen molar-refractivity contribution in [2.75, 3.05) is 6.61 Å². The van der Waals surface area contributed by atoms with Gasteiger partial charge in [0.05, 0.1) is 0 Å². The van der Waals surface area contributed by atoms with Crippen molar-refractivity contribution in [2.45, 2.75) is 18.6 Å². The molecule has 1 heterocycles. The molecule has 1 aliphatic heterocycles. The van der Waals surface area contributed by atoms with E-state index in [1.807, 2.05) is 24.3 Å². The van der Waals surface area contributed by atoms with Crippen molar-refractivity contribution in [3.63, 3.8) is 0 Å². The first-order chi connectivity index (χ1) is 9.72. The molecule has 2 unspecified atom stereocenters. The zero-order chi connectivity index (χ0) is 13.9. The molecule has 1 aliphatic rings. The fourth-order valence-corrected chi connectivity index (χ4v) is 2.63. The first kappa shape index (κ1) is 13.7. The van der Waals surface area contributed by atoms with Crippen LogP contribution in [-0.4, -0.2) is 18.8 Å². The molecule has 2 aromatic rings. The molecule has 0 radical (unpaired) electrons. The Kier molecular flexibility index (Phi) is 4.12. The molecule has 3 rings (SSSR count). The SMILES string of the molecule is NC(Cc1ccc(I)cc1)C1COc2ccccc2O1. The van der Waals surface area contributed by atoms with Gasteiger partial charge in [-0.2, -0.15) is 0 Å².